The fourth-order valence-electron chi connectivity index (χ4n) is 4.14. The highest BCUT2D eigenvalue weighted by atomic mass is 32.1. The molecule has 3 aliphatic rings. The van der Waals surface area contributed by atoms with Crippen LogP contribution in [0.3, 0.4) is 0 Å². The highest BCUT2D eigenvalue weighted by Crippen LogP contribution is 2.38. The molecule has 1 aliphatic heterocycles. The standard InChI is InChI=1S/C22H20N4O2S/c1-13-19(29-22(23-13)26-10-4-5-11-26)21(28)24-14-8-9-16-15-6-2-3-7-17(15)20(27)25-18(16)12-14/h4-5,8-12,16H,2-3,6-7H2,1H3,(H,25,27). The lowest BCUT2D eigenvalue weighted by atomic mass is 9.77. The molecule has 0 spiro atoms. The minimum atomic E-state index is -0.312. The summed E-state index contributed by atoms with van der Waals surface area (Å²) in [6, 6.07) is 3.83. The SMILES string of the molecule is Cc1nc(-n2cccc2)sc1C(=O)N=C1C=CC2C(=C1)NC(=O)C1=C2CCCC1. The van der Waals surface area contributed by atoms with E-state index in [1.54, 1.807) is 0 Å². The smallest absolute Gasteiger partial charge is 0.289 e. The first-order chi connectivity index (χ1) is 14.1. The van der Waals surface area contributed by atoms with Crippen LogP contribution < -0.4 is 5.32 Å². The Morgan fingerprint density at radius 1 is 1.28 bits per heavy atom. The molecule has 0 bridgehead atoms. The fourth-order valence-corrected chi connectivity index (χ4v) is 5.06. The second-order valence-corrected chi connectivity index (χ2v) is 8.42. The first-order valence-corrected chi connectivity index (χ1v) is 10.6. The molecule has 2 aromatic rings. The molecule has 2 aromatic heterocycles. The molecule has 1 atom stereocenters. The number of hydrogen-bond donors (Lipinski definition) is 1. The van der Waals surface area contributed by atoms with Crippen LogP contribution in [0.1, 0.15) is 41.0 Å². The third-order valence-electron chi connectivity index (χ3n) is 5.55. The van der Waals surface area contributed by atoms with Gasteiger partial charge in [0.2, 0.25) is 0 Å². The summed E-state index contributed by atoms with van der Waals surface area (Å²) < 4.78 is 1.88. The van der Waals surface area contributed by atoms with Crippen molar-refractivity contribution in [2.45, 2.75) is 32.6 Å². The first kappa shape index (κ1) is 18.0. The summed E-state index contributed by atoms with van der Waals surface area (Å²) in [6.45, 7) is 1.82. The zero-order chi connectivity index (χ0) is 20.0. The van der Waals surface area contributed by atoms with Gasteiger partial charge in [-0.1, -0.05) is 17.4 Å². The van der Waals surface area contributed by atoms with Gasteiger partial charge in [-0.25, -0.2) is 9.98 Å². The van der Waals surface area contributed by atoms with Crippen molar-refractivity contribution in [2.24, 2.45) is 10.9 Å². The second-order valence-electron chi connectivity index (χ2n) is 7.44. The van der Waals surface area contributed by atoms with Crippen LogP contribution in [0.4, 0.5) is 0 Å². The van der Waals surface area contributed by atoms with Crippen LogP contribution in [0.25, 0.3) is 5.13 Å². The quantitative estimate of drug-likeness (QED) is 0.825. The Kier molecular flexibility index (Phi) is 4.39. The van der Waals surface area contributed by atoms with E-state index in [2.05, 4.69) is 15.3 Å². The number of rotatable bonds is 2. The average Bonchev–Trinajstić information content (AvgIpc) is 3.38. The number of fused-ring (bicyclic) bond motifs is 2. The van der Waals surface area contributed by atoms with Crippen LogP contribution >= 0.6 is 11.3 Å². The molecule has 0 saturated heterocycles. The summed E-state index contributed by atoms with van der Waals surface area (Å²) in [4.78, 5) is 34.5. The Balaban J connectivity index is 1.42. The molecule has 0 fully saturated rings. The van der Waals surface area contributed by atoms with Gasteiger partial charge in [0.15, 0.2) is 5.13 Å². The number of allylic oxidation sites excluding steroid dienone is 3. The van der Waals surface area contributed by atoms with Crippen molar-refractivity contribution in [2.75, 3.05) is 0 Å². The lowest BCUT2D eigenvalue weighted by Crippen LogP contribution is -2.37. The first-order valence-electron chi connectivity index (χ1n) is 9.77. The molecule has 5 rings (SSSR count). The minimum absolute atomic E-state index is 0.00200. The predicted molar refractivity (Wildman–Crippen MR) is 112 cm³/mol. The van der Waals surface area contributed by atoms with E-state index in [1.165, 1.54) is 16.9 Å². The molecule has 7 heteroatoms. The number of carbonyl (C=O) groups excluding carboxylic acids is 2. The third-order valence-corrected chi connectivity index (χ3v) is 6.71. The van der Waals surface area contributed by atoms with Crippen LogP contribution in [0, 0.1) is 12.8 Å². The van der Waals surface area contributed by atoms with Gasteiger partial charge in [-0.05, 0) is 62.5 Å². The van der Waals surface area contributed by atoms with Gasteiger partial charge in [-0.3, -0.25) is 9.59 Å². The molecule has 3 heterocycles. The Bertz CT molecular complexity index is 1130. The van der Waals surface area contributed by atoms with Gasteiger partial charge in [-0.15, -0.1) is 0 Å². The lowest BCUT2D eigenvalue weighted by molar-refractivity contribution is -0.117. The van der Waals surface area contributed by atoms with Gasteiger partial charge in [0.25, 0.3) is 11.8 Å². The number of aliphatic imine (C=N–C) groups is 1. The van der Waals surface area contributed by atoms with Crippen molar-refractivity contribution in [3.8, 4) is 5.13 Å². The van der Waals surface area contributed by atoms with E-state index in [4.69, 9.17) is 0 Å². The van der Waals surface area contributed by atoms with E-state index < -0.39 is 0 Å². The van der Waals surface area contributed by atoms with Crippen molar-refractivity contribution in [1.82, 2.24) is 14.9 Å². The maximum Gasteiger partial charge on any atom is 0.289 e. The van der Waals surface area contributed by atoms with Gasteiger partial charge in [0.05, 0.1) is 11.4 Å². The van der Waals surface area contributed by atoms with E-state index in [1.807, 2.05) is 54.2 Å². The van der Waals surface area contributed by atoms with Crippen molar-refractivity contribution in [3.05, 3.63) is 70.2 Å². The van der Waals surface area contributed by atoms with Crippen LogP contribution in [0.5, 0.6) is 0 Å². The van der Waals surface area contributed by atoms with Gasteiger partial charge >= 0.3 is 0 Å². The van der Waals surface area contributed by atoms with E-state index in [0.717, 1.165) is 42.1 Å². The van der Waals surface area contributed by atoms with Gasteiger partial charge in [0, 0.05) is 29.6 Å². The predicted octanol–water partition coefficient (Wildman–Crippen LogP) is 3.89. The maximum absolute atomic E-state index is 12.8. The van der Waals surface area contributed by atoms with Crippen LogP contribution in [-0.4, -0.2) is 27.1 Å². The molecular formula is C22H20N4O2S. The number of hydrogen-bond acceptors (Lipinski definition) is 4. The Labute approximate surface area is 172 Å². The van der Waals surface area contributed by atoms with Crippen LogP contribution in [0.15, 0.2) is 64.6 Å². The zero-order valence-corrected chi connectivity index (χ0v) is 16.8. The van der Waals surface area contributed by atoms with Crippen molar-refractivity contribution in [1.29, 1.82) is 0 Å². The summed E-state index contributed by atoms with van der Waals surface area (Å²) in [5, 5.41) is 3.74. The Morgan fingerprint density at radius 3 is 2.90 bits per heavy atom. The normalized spacial score (nSPS) is 22.2. The molecular weight excluding hydrogens is 384 g/mol. The summed E-state index contributed by atoms with van der Waals surface area (Å²) in [6.07, 6.45) is 13.6. The van der Waals surface area contributed by atoms with Crippen molar-refractivity contribution < 1.29 is 9.59 Å². The molecule has 1 N–H and O–H groups in total. The van der Waals surface area contributed by atoms with Crippen molar-refractivity contribution >= 4 is 28.9 Å². The average molecular weight is 404 g/mol. The van der Waals surface area contributed by atoms with Gasteiger partial charge in [0.1, 0.15) is 4.88 Å². The van der Waals surface area contributed by atoms with E-state index in [0.29, 0.717) is 16.3 Å². The number of amides is 2. The highest BCUT2D eigenvalue weighted by molar-refractivity contribution is 7.16. The summed E-state index contributed by atoms with van der Waals surface area (Å²) in [5.41, 5.74) is 4.21. The summed E-state index contributed by atoms with van der Waals surface area (Å²) in [7, 11) is 0. The van der Waals surface area contributed by atoms with Crippen LogP contribution in [0.2, 0.25) is 0 Å². The number of nitrogens with zero attached hydrogens (tertiary/aromatic N) is 3. The molecule has 2 aliphatic carbocycles. The molecule has 0 saturated carbocycles. The molecule has 2 amide bonds. The lowest BCUT2D eigenvalue weighted by Gasteiger charge is -2.33. The second kappa shape index (κ2) is 7.08. The van der Waals surface area contributed by atoms with Crippen LogP contribution in [-0.2, 0) is 4.79 Å². The topological polar surface area (TPSA) is 76.3 Å². The number of aryl methyl sites for hydroxylation is 1. The largest absolute Gasteiger partial charge is 0.325 e. The Morgan fingerprint density at radius 2 is 2.07 bits per heavy atom. The summed E-state index contributed by atoms with van der Waals surface area (Å²) in [5.74, 6) is -0.214. The molecule has 146 valence electrons. The number of aromatic nitrogens is 2. The number of thiazole rings is 1. The minimum Gasteiger partial charge on any atom is -0.325 e. The highest BCUT2D eigenvalue weighted by Gasteiger charge is 2.33. The molecule has 1 unspecified atom stereocenters. The third kappa shape index (κ3) is 3.21. The molecule has 0 aromatic carbocycles. The zero-order valence-electron chi connectivity index (χ0n) is 16.0. The maximum atomic E-state index is 12.8. The van der Waals surface area contributed by atoms with E-state index in [-0.39, 0.29) is 17.7 Å². The number of nitrogens with one attached hydrogen (secondary N) is 1. The molecule has 29 heavy (non-hydrogen) atoms. The summed E-state index contributed by atoms with van der Waals surface area (Å²) >= 11 is 1.33. The molecule has 6 nitrogen and oxygen atoms in total. The van der Waals surface area contributed by atoms with E-state index >= 15 is 0 Å². The monoisotopic (exact) mass is 404 g/mol. The Hall–Kier alpha value is -3.06. The fraction of sp³-hybridized carbons (Fsp3) is 0.273. The van der Waals surface area contributed by atoms with Crippen molar-refractivity contribution in [3.63, 3.8) is 0 Å². The number of carbonyl (C=O) groups is 2. The van der Waals surface area contributed by atoms with E-state index in [9.17, 15) is 9.59 Å². The van der Waals surface area contributed by atoms with Gasteiger partial charge < -0.3 is 9.88 Å². The van der Waals surface area contributed by atoms with Gasteiger partial charge in [-0.2, -0.15) is 0 Å². The molecule has 0 radical (unpaired) electrons.